The highest BCUT2D eigenvalue weighted by Gasteiger charge is 2.19. The van der Waals surface area contributed by atoms with Gasteiger partial charge in [-0.2, -0.15) is 0 Å². The van der Waals surface area contributed by atoms with Crippen LogP contribution in [0.15, 0.2) is 12.3 Å². The Kier molecular flexibility index (Phi) is 5.67. The van der Waals surface area contributed by atoms with Crippen LogP contribution in [0.3, 0.4) is 0 Å². The van der Waals surface area contributed by atoms with E-state index >= 15 is 0 Å². The minimum Gasteiger partial charge on any atom is -0.479 e. The van der Waals surface area contributed by atoms with Crippen molar-refractivity contribution in [2.24, 2.45) is 0 Å². The van der Waals surface area contributed by atoms with E-state index in [0.717, 1.165) is 24.3 Å². The standard InChI is InChI=1S/C16H28N4O/c1-12(11-13-7-5-6-9-17-13)19-15-14(20(2)3)8-10-18-16(15)21-4/h8,10,12-13,17,19H,5-7,9,11H2,1-4H3. The van der Waals surface area contributed by atoms with Gasteiger partial charge in [0.05, 0.1) is 12.8 Å². The Morgan fingerprint density at radius 3 is 2.90 bits per heavy atom. The smallest absolute Gasteiger partial charge is 0.239 e. The number of nitrogens with zero attached hydrogens (tertiary/aromatic N) is 2. The number of anilines is 2. The Hall–Kier alpha value is -1.49. The van der Waals surface area contributed by atoms with Crippen molar-refractivity contribution in [1.29, 1.82) is 0 Å². The van der Waals surface area contributed by atoms with Gasteiger partial charge >= 0.3 is 0 Å². The highest BCUT2D eigenvalue weighted by Crippen LogP contribution is 2.33. The van der Waals surface area contributed by atoms with E-state index in [0.29, 0.717) is 18.0 Å². The summed E-state index contributed by atoms with van der Waals surface area (Å²) in [5.74, 6) is 0.657. The van der Waals surface area contributed by atoms with Crippen molar-refractivity contribution in [1.82, 2.24) is 10.3 Å². The number of rotatable bonds is 6. The molecule has 2 unspecified atom stereocenters. The molecule has 1 aromatic rings. The number of hydrogen-bond donors (Lipinski definition) is 2. The van der Waals surface area contributed by atoms with E-state index in [9.17, 15) is 0 Å². The summed E-state index contributed by atoms with van der Waals surface area (Å²) in [6.45, 7) is 3.37. The summed E-state index contributed by atoms with van der Waals surface area (Å²) in [5.41, 5.74) is 2.08. The number of methoxy groups -OCH3 is 1. The first-order valence-corrected chi connectivity index (χ1v) is 7.82. The van der Waals surface area contributed by atoms with Crippen molar-refractivity contribution >= 4 is 11.4 Å². The van der Waals surface area contributed by atoms with Gasteiger partial charge in [-0.3, -0.25) is 0 Å². The second-order valence-corrected chi connectivity index (χ2v) is 6.04. The number of piperidine rings is 1. The van der Waals surface area contributed by atoms with Crippen LogP contribution in [-0.2, 0) is 0 Å². The molecule has 0 aliphatic carbocycles. The van der Waals surface area contributed by atoms with Crippen LogP contribution in [0.25, 0.3) is 0 Å². The third-order valence-electron chi connectivity index (χ3n) is 4.01. The first-order chi connectivity index (χ1) is 10.1. The molecule has 0 spiro atoms. The van der Waals surface area contributed by atoms with Gasteiger partial charge in [-0.15, -0.1) is 0 Å². The van der Waals surface area contributed by atoms with Crippen LogP contribution in [0.2, 0.25) is 0 Å². The molecular weight excluding hydrogens is 264 g/mol. The lowest BCUT2D eigenvalue weighted by atomic mass is 9.98. The van der Waals surface area contributed by atoms with Gasteiger partial charge in [-0.1, -0.05) is 6.42 Å². The van der Waals surface area contributed by atoms with Gasteiger partial charge in [0.2, 0.25) is 5.88 Å². The maximum absolute atomic E-state index is 5.41. The van der Waals surface area contributed by atoms with Gasteiger partial charge in [-0.25, -0.2) is 4.98 Å². The topological polar surface area (TPSA) is 49.4 Å². The molecule has 2 N–H and O–H groups in total. The van der Waals surface area contributed by atoms with Crippen molar-refractivity contribution in [2.45, 2.75) is 44.7 Å². The molecule has 118 valence electrons. The Bertz CT molecular complexity index is 444. The summed E-state index contributed by atoms with van der Waals surface area (Å²) < 4.78 is 5.41. The van der Waals surface area contributed by atoms with Crippen LogP contribution in [0.1, 0.15) is 32.6 Å². The minimum absolute atomic E-state index is 0.373. The lowest BCUT2D eigenvalue weighted by Gasteiger charge is -2.28. The monoisotopic (exact) mass is 292 g/mol. The molecule has 2 heterocycles. The van der Waals surface area contributed by atoms with Crippen molar-refractivity contribution < 1.29 is 4.74 Å². The Labute approximate surface area is 128 Å². The lowest BCUT2D eigenvalue weighted by Crippen LogP contribution is -2.37. The predicted molar refractivity (Wildman–Crippen MR) is 88.5 cm³/mol. The summed E-state index contributed by atoms with van der Waals surface area (Å²) in [5, 5.41) is 7.19. The number of nitrogens with one attached hydrogen (secondary N) is 2. The third kappa shape index (κ3) is 4.24. The van der Waals surface area contributed by atoms with Crippen molar-refractivity contribution in [3.05, 3.63) is 12.3 Å². The molecule has 0 bridgehead atoms. The van der Waals surface area contributed by atoms with E-state index in [1.807, 2.05) is 20.2 Å². The van der Waals surface area contributed by atoms with E-state index < -0.39 is 0 Å². The maximum atomic E-state index is 5.41. The van der Waals surface area contributed by atoms with Gasteiger partial charge in [-0.05, 0) is 38.8 Å². The van der Waals surface area contributed by atoms with Gasteiger partial charge in [0, 0.05) is 32.4 Å². The first-order valence-electron chi connectivity index (χ1n) is 7.82. The molecule has 2 rings (SSSR count). The Morgan fingerprint density at radius 1 is 1.48 bits per heavy atom. The first kappa shape index (κ1) is 15.9. The van der Waals surface area contributed by atoms with Crippen LogP contribution in [-0.4, -0.2) is 44.8 Å². The molecule has 1 aliphatic heterocycles. The highest BCUT2D eigenvalue weighted by molar-refractivity contribution is 5.74. The summed E-state index contributed by atoms with van der Waals surface area (Å²) >= 11 is 0. The van der Waals surface area contributed by atoms with Crippen LogP contribution < -0.4 is 20.3 Å². The fourth-order valence-corrected chi connectivity index (χ4v) is 2.95. The second kappa shape index (κ2) is 7.50. The fraction of sp³-hybridized carbons (Fsp3) is 0.688. The second-order valence-electron chi connectivity index (χ2n) is 6.04. The van der Waals surface area contributed by atoms with E-state index in [1.54, 1.807) is 13.3 Å². The molecule has 1 aromatic heterocycles. The molecule has 0 aromatic carbocycles. The zero-order chi connectivity index (χ0) is 15.2. The molecule has 5 nitrogen and oxygen atoms in total. The summed E-state index contributed by atoms with van der Waals surface area (Å²) in [7, 11) is 5.74. The number of pyridine rings is 1. The minimum atomic E-state index is 0.373. The molecular formula is C16H28N4O. The van der Waals surface area contributed by atoms with Gasteiger partial charge < -0.3 is 20.3 Å². The van der Waals surface area contributed by atoms with Crippen LogP contribution in [0.4, 0.5) is 11.4 Å². The molecule has 5 heteroatoms. The van der Waals surface area contributed by atoms with Gasteiger partial charge in [0.25, 0.3) is 0 Å². The Balaban J connectivity index is 2.06. The summed E-state index contributed by atoms with van der Waals surface area (Å²) in [6, 6.07) is 3.00. The largest absolute Gasteiger partial charge is 0.479 e. The average molecular weight is 292 g/mol. The van der Waals surface area contributed by atoms with Gasteiger partial charge in [0.1, 0.15) is 5.69 Å². The normalized spacial score (nSPS) is 19.9. The third-order valence-corrected chi connectivity index (χ3v) is 4.01. The predicted octanol–water partition coefficient (Wildman–Crippen LogP) is 2.49. The molecule has 1 fully saturated rings. The van der Waals surface area contributed by atoms with Crippen molar-refractivity contribution in [3.63, 3.8) is 0 Å². The Morgan fingerprint density at radius 2 is 2.29 bits per heavy atom. The maximum Gasteiger partial charge on any atom is 0.239 e. The molecule has 2 atom stereocenters. The molecule has 0 amide bonds. The fourth-order valence-electron chi connectivity index (χ4n) is 2.95. The lowest BCUT2D eigenvalue weighted by molar-refractivity contribution is 0.369. The van der Waals surface area contributed by atoms with Crippen molar-refractivity contribution in [2.75, 3.05) is 38.0 Å². The molecule has 1 saturated heterocycles. The van der Waals surface area contributed by atoms with Crippen LogP contribution in [0, 0.1) is 0 Å². The van der Waals surface area contributed by atoms with E-state index in [1.165, 1.54) is 19.3 Å². The van der Waals surface area contributed by atoms with E-state index in [2.05, 4.69) is 27.4 Å². The molecule has 1 aliphatic rings. The zero-order valence-corrected chi connectivity index (χ0v) is 13.6. The average Bonchev–Trinajstić information content (AvgIpc) is 2.48. The quantitative estimate of drug-likeness (QED) is 0.843. The zero-order valence-electron chi connectivity index (χ0n) is 13.6. The summed E-state index contributed by atoms with van der Waals surface area (Å²) in [4.78, 5) is 6.39. The highest BCUT2D eigenvalue weighted by atomic mass is 16.5. The van der Waals surface area contributed by atoms with Crippen molar-refractivity contribution in [3.8, 4) is 5.88 Å². The number of aromatic nitrogens is 1. The number of hydrogen-bond acceptors (Lipinski definition) is 5. The molecule has 0 radical (unpaired) electrons. The van der Waals surface area contributed by atoms with Crippen LogP contribution >= 0.6 is 0 Å². The molecule has 0 saturated carbocycles. The van der Waals surface area contributed by atoms with E-state index in [-0.39, 0.29) is 0 Å². The van der Waals surface area contributed by atoms with Crippen LogP contribution in [0.5, 0.6) is 5.88 Å². The summed E-state index contributed by atoms with van der Waals surface area (Å²) in [6.07, 6.45) is 6.82. The molecule has 21 heavy (non-hydrogen) atoms. The van der Waals surface area contributed by atoms with Gasteiger partial charge in [0.15, 0.2) is 0 Å². The number of ether oxygens (including phenoxy) is 1. The van der Waals surface area contributed by atoms with E-state index in [4.69, 9.17) is 4.74 Å². The SMILES string of the molecule is COc1nccc(N(C)C)c1NC(C)CC1CCCCN1.